The van der Waals surface area contributed by atoms with Crippen LogP contribution in [0.2, 0.25) is 0 Å². The molecule has 2 rings (SSSR count). The van der Waals surface area contributed by atoms with Crippen LogP contribution in [0.1, 0.15) is 29.9 Å². The van der Waals surface area contributed by atoms with Gasteiger partial charge in [-0.15, -0.1) is 0 Å². The summed E-state index contributed by atoms with van der Waals surface area (Å²) in [4.78, 5) is 11.5. The molecule has 15 heavy (non-hydrogen) atoms. The van der Waals surface area contributed by atoms with Gasteiger partial charge in [0.2, 0.25) is 0 Å². The van der Waals surface area contributed by atoms with E-state index in [1.165, 1.54) is 10.9 Å². The quantitative estimate of drug-likeness (QED) is 0.684. The Labute approximate surface area is 89.5 Å². The van der Waals surface area contributed by atoms with E-state index in [-0.39, 0.29) is 5.78 Å². The van der Waals surface area contributed by atoms with Crippen molar-refractivity contribution in [3.05, 3.63) is 35.5 Å². The zero-order chi connectivity index (χ0) is 11.0. The van der Waals surface area contributed by atoms with Crippen LogP contribution in [0.3, 0.4) is 0 Å². The number of hydrogen-bond acceptors (Lipinski definition) is 1. The summed E-state index contributed by atoms with van der Waals surface area (Å²) in [6.07, 6.45) is 0. The smallest absolute Gasteiger partial charge is 0.176 e. The number of fused-ring (bicyclic) bond motifs is 1. The maximum absolute atomic E-state index is 11.5. The average Bonchev–Trinajstić information content (AvgIpc) is 2.57. The first-order chi connectivity index (χ1) is 7.15. The van der Waals surface area contributed by atoms with Crippen LogP contribution in [0.15, 0.2) is 24.3 Å². The van der Waals surface area contributed by atoms with Gasteiger partial charge in [0.05, 0.1) is 5.69 Å². The number of benzene rings is 1. The highest BCUT2D eigenvalue weighted by Gasteiger charge is 2.11. The van der Waals surface area contributed by atoms with Crippen molar-refractivity contribution in [3.63, 3.8) is 0 Å². The first-order valence-corrected chi connectivity index (χ1v) is 5.25. The Morgan fingerprint density at radius 3 is 2.73 bits per heavy atom. The van der Waals surface area contributed by atoms with E-state index in [4.69, 9.17) is 0 Å². The molecule has 2 aromatic rings. The highest BCUT2D eigenvalue weighted by atomic mass is 16.1. The van der Waals surface area contributed by atoms with E-state index in [1.807, 2.05) is 12.1 Å². The van der Waals surface area contributed by atoms with Gasteiger partial charge >= 0.3 is 0 Å². The number of carbonyl (C=O) groups excluding carboxylic acids is 1. The third-order valence-corrected chi connectivity index (χ3v) is 2.84. The van der Waals surface area contributed by atoms with Crippen LogP contribution >= 0.6 is 0 Å². The number of hydrogen-bond donors (Lipinski definition) is 0. The van der Waals surface area contributed by atoms with Crippen molar-refractivity contribution >= 4 is 16.7 Å². The molecule has 0 saturated carbocycles. The van der Waals surface area contributed by atoms with Gasteiger partial charge < -0.3 is 4.57 Å². The first-order valence-electron chi connectivity index (χ1n) is 5.25. The Morgan fingerprint density at radius 2 is 2.13 bits per heavy atom. The van der Waals surface area contributed by atoms with Crippen molar-refractivity contribution in [3.8, 4) is 0 Å². The van der Waals surface area contributed by atoms with Crippen molar-refractivity contribution in [2.75, 3.05) is 0 Å². The van der Waals surface area contributed by atoms with Gasteiger partial charge in [0, 0.05) is 24.4 Å². The van der Waals surface area contributed by atoms with Gasteiger partial charge in [-0.2, -0.15) is 0 Å². The summed E-state index contributed by atoms with van der Waals surface area (Å²) < 4.78 is 2.07. The Bertz CT molecular complexity index is 523. The molecule has 0 amide bonds. The zero-order valence-corrected chi connectivity index (χ0v) is 9.37. The zero-order valence-electron chi connectivity index (χ0n) is 9.37. The lowest BCUT2D eigenvalue weighted by Gasteiger charge is -2.04. The molecule has 0 bridgehead atoms. The molecule has 1 heterocycles. The lowest BCUT2D eigenvalue weighted by molar-refractivity contribution is 0.100. The minimum atomic E-state index is 0.132. The summed E-state index contributed by atoms with van der Waals surface area (Å²) in [6, 6.07) is 8.18. The third-order valence-electron chi connectivity index (χ3n) is 2.84. The van der Waals surface area contributed by atoms with Crippen molar-refractivity contribution in [2.45, 2.75) is 27.3 Å². The van der Waals surface area contributed by atoms with E-state index in [1.54, 1.807) is 6.92 Å². The number of aryl methyl sites for hydroxylation is 2. The van der Waals surface area contributed by atoms with Gasteiger partial charge in [-0.05, 0) is 31.5 Å². The monoisotopic (exact) mass is 201 g/mol. The SMILES string of the molecule is CCn1c(C(C)=O)cc2c(C)cccc21. The maximum atomic E-state index is 11.5. The lowest BCUT2D eigenvalue weighted by atomic mass is 10.1. The van der Waals surface area contributed by atoms with Crippen LogP contribution in [-0.2, 0) is 6.54 Å². The molecule has 0 radical (unpaired) electrons. The van der Waals surface area contributed by atoms with Crippen LogP contribution in [0, 0.1) is 6.92 Å². The standard InChI is InChI=1S/C13H15NO/c1-4-14-12-7-5-6-9(2)11(12)8-13(14)10(3)15/h5-8H,4H2,1-3H3. The highest BCUT2D eigenvalue weighted by Crippen LogP contribution is 2.23. The number of aromatic nitrogens is 1. The van der Waals surface area contributed by atoms with E-state index in [0.29, 0.717) is 0 Å². The number of Topliss-reactive ketones (excluding diaryl/α,β-unsaturated/α-hetero) is 1. The lowest BCUT2D eigenvalue weighted by Crippen LogP contribution is -2.04. The second-order valence-corrected chi connectivity index (χ2v) is 3.84. The largest absolute Gasteiger partial charge is 0.338 e. The second-order valence-electron chi connectivity index (χ2n) is 3.84. The predicted molar refractivity (Wildman–Crippen MR) is 62.4 cm³/mol. The van der Waals surface area contributed by atoms with Gasteiger partial charge in [0.15, 0.2) is 5.78 Å². The summed E-state index contributed by atoms with van der Waals surface area (Å²) in [5.74, 6) is 0.132. The van der Waals surface area contributed by atoms with E-state index >= 15 is 0 Å². The molecule has 0 fully saturated rings. The molecule has 78 valence electrons. The first kappa shape index (κ1) is 9.97. The molecule has 0 aliphatic heterocycles. The van der Waals surface area contributed by atoms with Crippen LogP contribution in [0.25, 0.3) is 10.9 Å². The highest BCUT2D eigenvalue weighted by molar-refractivity contribution is 5.99. The van der Waals surface area contributed by atoms with Gasteiger partial charge in [-0.1, -0.05) is 12.1 Å². The molecule has 0 N–H and O–H groups in total. The van der Waals surface area contributed by atoms with Crippen LogP contribution in [-0.4, -0.2) is 10.4 Å². The minimum Gasteiger partial charge on any atom is -0.338 e. The van der Waals surface area contributed by atoms with Crippen molar-refractivity contribution in [2.24, 2.45) is 0 Å². The average molecular weight is 201 g/mol. The normalized spacial score (nSPS) is 10.9. The summed E-state index contributed by atoms with van der Waals surface area (Å²) in [6.45, 7) is 6.60. The molecule has 1 aromatic heterocycles. The van der Waals surface area contributed by atoms with Crippen molar-refractivity contribution < 1.29 is 4.79 Å². The van der Waals surface area contributed by atoms with Gasteiger partial charge in [0.1, 0.15) is 0 Å². The van der Waals surface area contributed by atoms with Gasteiger partial charge in [-0.25, -0.2) is 0 Å². The Balaban J connectivity index is 2.84. The maximum Gasteiger partial charge on any atom is 0.176 e. The molecule has 0 aliphatic carbocycles. The van der Waals surface area contributed by atoms with Crippen LogP contribution in [0.4, 0.5) is 0 Å². The Kier molecular flexibility index (Phi) is 2.35. The number of rotatable bonds is 2. The number of nitrogens with zero attached hydrogens (tertiary/aromatic N) is 1. The molecule has 0 saturated heterocycles. The third kappa shape index (κ3) is 1.46. The summed E-state index contributed by atoms with van der Waals surface area (Å²) in [7, 11) is 0. The van der Waals surface area contributed by atoms with E-state index < -0.39 is 0 Å². The van der Waals surface area contributed by atoms with Gasteiger partial charge in [0.25, 0.3) is 0 Å². The molecular formula is C13H15NO. The summed E-state index contributed by atoms with van der Waals surface area (Å²) in [5, 5.41) is 1.18. The van der Waals surface area contributed by atoms with E-state index in [0.717, 1.165) is 17.8 Å². The minimum absolute atomic E-state index is 0.132. The number of ketones is 1. The molecule has 0 atom stereocenters. The molecule has 2 heteroatoms. The summed E-state index contributed by atoms with van der Waals surface area (Å²) >= 11 is 0. The number of carbonyl (C=O) groups is 1. The molecule has 2 nitrogen and oxygen atoms in total. The molecule has 0 spiro atoms. The fraction of sp³-hybridized carbons (Fsp3) is 0.308. The molecule has 0 aliphatic rings. The van der Waals surface area contributed by atoms with E-state index in [2.05, 4.69) is 30.5 Å². The fourth-order valence-corrected chi connectivity index (χ4v) is 2.07. The van der Waals surface area contributed by atoms with Gasteiger partial charge in [-0.3, -0.25) is 4.79 Å². The van der Waals surface area contributed by atoms with E-state index in [9.17, 15) is 4.79 Å². The summed E-state index contributed by atoms with van der Waals surface area (Å²) in [5.41, 5.74) is 3.19. The van der Waals surface area contributed by atoms with Crippen molar-refractivity contribution in [1.82, 2.24) is 4.57 Å². The molecular weight excluding hydrogens is 186 g/mol. The van der Waals surface area contributed by atoms with Crippen molar-refractivity contribution in [1.29, 1.82) is 0 Å². The van der Waals surface area contributed by atoms with Crippen LogP contribution < -0.4 is 0 Å². The Hall–Kier alpha value is -1.57. The van der Waals surface area contributed by atoms with Crippen LogP contribution in [0.5, 0.6) is 0 Å². The predicted octanol–water partition coefficient (Wildman–Crippen LogP) is 3.17. The Morgan fingerprint density at radius 1 is 1.40 bits per heavy atom. The topological polar surface area (TPSA) is 22.0 Å². The molecule has 1 aromatic carbocycles. The second kappa shape index (κ2) is 3.54. The fourth-order valence-electron chi connectivity index (χ4n) is 2.07. The molecule has 0 unspecified atom stereocenters.